The number of ether oxygens (including phenoxy) is 2. The van der Waals surface area contributed by atoms with Crippen LogP contribution in [0.25, 0.3) is 0 Å². The summed E-state index contributed by atoms with van der Waals surface area (Å²) < 4.78 is 26.2. The molecule has 0 radical (unpaired) electrons. The summed E-state index contributed by atoms with van der Waals surface area (Å²) in [4.78, 5) is 42.7. The van der Waals surface area contributed by atoms with Crippen LogP contribution in [0.3, 0.4) is 0 Å². The molecule has 1 unspecified atom stereocenters. The van der Waals surface area contributed by atoms with Gasteiger partial charge in [0.05, 0.1) is 12.7 Å². The van der Waals surface area contributed by atoms with Crippen LogP contribution < -0.4 is 0 Å². The maximum atomic E-state index is 12.3. The maximum absolute atomic E-state index is 12.3. The van der Waals surface area contributed by atoms with E-state index in [1.807, 2.05) is 42.5 Å². The number of phosphoric ester groups is 1. The minimum absolute atomic E-state index is 0.0937. The van der Waals surface area contributed by atoms with Crippen molar-refractivity contribution in [3.8, 4) is 0 Å². The topological polar surface area (TPSA) is 140 Å². The average molecular weight is 735 g/mol. The standard InChI is InChI=1S/C41H67O9P/c1-3-5-7-9-11-12-13-14-15-16-17-18-22-26-30-34-40(43)48-36-39(37-49-51(45,46)47)50-41(44)35-31-27-23-20-19-21-25-29-33-38(42)32-28-24-10-8-6-4-2/h6,8,11-12,14-15,20-21,23-25,28-29,33,38-39,42H,3-5,7,9-10,13,16-19,22,26-27,30-32,34-37H2,1-2H3,(H2,45,46,47)/b8-6-,12-11-,15-14-,23-20-,25-21-,28-24-,33-29+/t38?,39-/m1/s1. The molecule has 0 heterocycles. The molecule has 0 saturated carbocycles. The number of aliphatic hydroxyl groups is 1. The predicted octanol–water partition coefficient (Wildman–Crippen LogP) is 10.3. The van der Waals surface area contributed by atoms with Gasteiger partial charge in [-0.15, -0.1) is 0 Å². The van der Waals surface area contributed by atoms with Crippen molar-refractivity contribution in [1.82, 2.24) is 0 Å². The van der Waals surface area contributed by atoms with E-state index in [1.165, 1.54) is 19.3 Å². The van der Waals surface area contributed by atoms with Gasteiger partial charge in [0, 0.05) is 12.8 Å². The molecule has 0 aromatic heterocycles. The zero-order chi connectivity index (χ0) is 37.7. The first-order chi connectivity index (χ1) is 24.7. The van der Waals surface area contributed by atoms with Crippen molar-refractivity contribution in [1.29, 1.82) is 0 Å². The van der Waals surface area contributed by atoms with Gasteiger partial charge in [0.1, 0.15) is 6.61 Å². The molecule has 10 heteroatoms. The highest BCUT2D eigenvalue weighted by molar-refractivity contribution is 7.46. The van der Waals surface area contributed by atoms with Crippen molar-refractivity contribution < 1.29 is 43.0 Å². The minimum atomic E-state index is -4.79. The van der Waals surface area contributed by atoms with Gasteiger partial charge in [-0.05, 0) is 77.0 Å². The molecule has 0 bridgehead atoms. The van der Waals surface area contributed by atoms with E-state index in [1.54, 1.807) is 6.08 Å². The first kappa shape index (κ1) is 48.2. The second-order valence-electron chi connectivity index (χ2n) is 12.4. The van der Waals surface area contributed by atoms with Gasteiger partial charge in [0.2, 0.25) is 0 Å². The molecule has 0 amide bonds. The van der Waals surface area contributed by atoms with Crippen molar-refractivity contribution in [2.45, 2.75) is 148 Å². The van der Waals surface area contributed by atoms with E-state index >= 15 is 0 Å². The van der Waals surface area contributed by atoms with E-state index < -0.39 is 38.6 Å². The Morgan fingerprint density at radius 1 is 0.627 bits per heavy atom. The summed E-state index contributed by atoms with van der Waals surface area (Å²) in [5.41, 5.74) is 0. The number of hydrogen-bond donors (Lipinski definition) is 3. The molecule has 0 aromatic rings. The van der Waals surface area contributed by atoms with Gasteiger partial charge in [-0.1, -0.05) is 131 Å². The van der Waals surface area contributed by atoms with E-state index in [9.17, 15) is 19.3 Å². The summed E-state index contributed by atoms with van der Waals surface area (Å²) in [6.07, 6.45) is 43.4. The second kappa shape index (κ2) is 35.6. The Balaban J connectivity index is 4.19. The van der Waals surface area contributed by atoms with Gasteiger partial charge in [0.25, 0.3) is 0 Å². The summed E-state index contributed by atoms with van der Waals surface area (Å²) >= 11 is 0. The van der Waals surface area contributed by atoms with Crippen LogP contribution in [0, 0.1) is 0 Å². The Morgan fingerprint density at radius 2 is 1.20 bits per heavy atom. The third-order valence-electron chi connectivity index (χ3n) is 7.48. The Kier molecular flexibility index (Phi) is 33.6. The molecule has 0 aliphatic rings. The fraction of sp³-hybridized carbons (Fsp3) is 0.610. The van der Waals surface area contributed by atoms with Crippen LogP contribution in [-0.4, -0.2) is 52.3 Å². The van der Waals surface area contributed by atoms with Crippen LogP contribution in [0.15, 0.2) is 85.1 Å². The molecule has 290 valence electrons. The van der Waals surface area contributed by atoms with Crippen LogP contribution in [0.5, 0.6) is 0 Å². The number of allylic oxidation sites excluding steroid dienone is 12. The number of carbonyl (C=O) groups excluding carboxylic acids is 2. The number of hydrogen-bond acceptors (Lipinski definition) is 7. The van der Waals surface area contributed by atoms with Gasteiger partial charge < -0.3 is 24.4 Å². The SMILES string of the molecule is CC/C=C\C/C=C\CC(O)/C=C/C=C\C/C=C\CCCC(=O)O[C@H](COC(=O)CCCCCCC/C=C\C/C=C\CCCCC)COP(=O)(O)O. The fourth-order valence-corrected chi connectivity index (χ4v) is 5.00. The van der Waals surface area contributed by atoms with Crippen LogP contribution in [0.4, 0.5) is 0 Å². The summed E-state index contributed by atoms with van der Waals surface area (Å²) in [5.74, 6) is -1.02. The third kappa shape index (κ3) is 38.3. The Bertz CT molecular complexity index is 1110. The lowest BCUT2D eigenvalue weighted by atomic mass is 10.1. The van der Waals surface area contributed by atoms with Crippen LogP contribution >= 0.6 is 7.82 Å². The summed E-state index contributed by atoms with van der Waals surface area (Å²) in [6, 6.07) is 0. The monoisotopic (exact) mass is 734 g/mol. The van der Waals surface area contributed by atoms with E-state index in [4.69, 9.17) is 19.3 Å². The smallest absolute Gasteiger partial charge is 0.462 e. The number of esters is 2. The molecule has 0 fully saturated rings. The zero-order valence-corrected chi connectivity index (χ0v) is 32.2. The van der Waals surface area contributed by atoms with Crippen molar-refractivity contribution in [3.05, 3.63) is 85.1 Å². The molecule has 0 rings (SSSR count). The lowest BCUT2D eigenvalue weighted by Gasteiger charge is -2.18. The maximum Gasteiger partial charge on any atom is 0.469 e. The van der Waals surface area contributed by atoms with Crippen LogP contribution in [0.1, 0.15) is 136 Å². The quantitative estimate of drug-likeness (QED) is 0.0198. The molecular formula is C41H67O9P. The average Bonchev–Trinajstić information content (AvgIpc) is 3.09. The van der Waals surface area contributed by atoms with Gasteiger partial charge >= 0.3 is 19.8 Å². The number of phosphoric acid groups is 1. The first-order valence-corrected chi connectivity index (χ1v) is 20.5. The molecule has 0 aliphatic heterocycles. The molecule has 2 atom stereocenters. The van der Waals surface area contributed by atoms with Crippen molar-refractivity contribution >= 4 is 19.8 Å². The number of rotatable bonds is 33. The minimum Gasteiger partial charge on any atom is -0.462 e. The first-order valence-electron chi connectivity index (χ1n) is 19.0. The molecule has 3 N–H and O–H groups in total. The normalized spacial score (nSPS) is 14.1. The van der Waals surface area contributed by atoms with Crippen LogP contribution in [0.2, 0.25) is 0 Å². The largest absolute Gasteiger partial charge is 0.469 e. The highest BCUT2D eigenvalue weighted by Gasteiger charge is 2.22. The summed E-state index contributed by atoms with van der Waals surface area (Å²) in [6.45, 7) is 3.39. The van der Waals surface area contributed by atoms with E-state index in [-0.39, 0.29) is 19.4 Å². The van der Waals surface area contributed by atoms with Crippen molar-refractivity contribution in [3.63, 3.8) is 0 Å². The van der Waals surface area contributed by atoms with E-state index in [2.05, 4.69) is 54.8 Å². The van der Waals surface area contributed by atoms with Gasteiger partial charge in [-0.2, -0.15) is 0 Å². The summed E-state index contributed by atoms with van der Waals surface area (Å²) in [5, 5.41) is 9.97. The molecular weight excluding hydrogens is 667 g/mol. The highest BCUT2D eigenvalue weighted by atomic mass is 31.2. The third-order valence-corrected chi connectivity index (χ3v) is 7.96. The van der Waals surface area contributed by atoms with Crippen LogP contribution in [-0.2, 0) is 28.2 Å². The van der Waals surface area contributed by atoms with Gasteiger partial charge in [-0.3, -0.25) is 14.1 Å². The Labute approximate surface area is 308 Å². The van der Waals surface area contributed by atoms with Gasteiger partial charge in [-0.25, -0.2) is 4.57 Å². The van der Waals surface area contributed by atoms with Gasteiger partial charge in [0.15, 0.2) is 6.10 Å². The van der Waals surface area contributed by atoms with Crippen molar-refractivity contribution in [2.24, 2.45) is 0 Å². The summed E-state index contributed by atoms with van der Waals surface area (Å²) in [7, 11) is -4.79. The number of unbranched alkanes of at least 4 members (excludes halogenated alkanes) is 9. The molecule has 0 spiro atoms. The molecule has 0 saturated heterocycles. The lowest BCUT2D eigenvalue weighted by molar-refractivity contribution is -0.161. The molecule has 9 nitrogen and oxygen atoms in total. The zero-order valence-electron chi connectivity index (χ0n) is 31.3. The lowest BCUT2D eigenvalue weighted by Crippen LogP contribution is -2.29. The highest BCUT2D eigenvalue weighted by Crippen LogP contribution is 2.35. The van der Waals surface area contributed by atoms with Crippen molar-refractivity contribution in [2.75, 3.05) is 13.2 Å². The molecule has 0 aromatic carbocycles. The Hall–Kier alpha value is -2.81. The predicted molar refractivity (Wildman–Crippen MR) is 208 cm³/mol. The number of carbonyl (C=O) groups is 2. The number of aliphatic hydroxyl groups excluding tert-OH is 1. The second-order valence-corrected chi connectivity index (χ2v) is 13.6. The molecule has 0 aliphatic carbocycles. The van der Waals surface area contributed by atoms with E-state index in [0.717, 1.165) is 57.8 Å². The van der Waals surface area contributed by atoms with E-state index in [0.29, 0.717) is 32.1 Å². The Morgan fingerprint density at radius 3 is 1.86 bits per heavy atom. The molecule has 51 heavy (non-hydrogen) atoms. The fourth-order valence-electron chi connectivity index (χ4n) is 4.64.